The van der Waals surface area contributed by atoms with E-state index in [1.54, 1.807) is 11.0 Å². The van der Waals surface area contributed by atoms with Crippen LogP contribution in [0.5, 0.6) is 5.88 Å². The molecule has 0 aromatic carbocycles. The third-order valence-electron chi connectivity index (χ3n) is 4.21. The molecule has 2 fully saturated rings. The second kappa shape index (κ2) is 7.68. The molecule has 1 amide bonds. The van der Waals surface area contributed by atoms with Gasteiger partial charge in [0.25, 0.3) is 5.91 Å². The maximum Gasteiger partial charge on any atom is 0.255 e. The molecule has 0 bridgehead atoms. The van der Waals surface area contributed by atoms with E-state index in [0.29, 0.717) is 42.8 Å². The Morgan fingerprint density at radius 1 is 1.29 bits per heavy atom. The van der Waals surface area contributed by atoms with Gasteiger partial charge in [0.05, 0.1) is 31.0 Å². The van der Waals surface area contributed by atoms with Crippen molar-refractivity contribution in [3.05, 3.63) is 22.8 Å². The van der Waals surface area contributed by atoms with Gasteiger partial charge in [0.1, 0.15) is 11.1 Å². The monoisotopic (exact) mass is 354 g/mol. The molecule has 2 saturated heterocycles. The fourth-order valence-corrected chi connectivity index (χ4v) is 3.32. The van der Waals surface area contributed by atoms with Gasteiger partial charge in [-0.05, 0) is 19.9 Å². The number of nitrogens with zero attached hydrogens (tertiary/aromatic N) is 2. The second-order valence-electron chi connectivity index (χ2n) is 6.41. The van der Waals surface area contributed by atoms with Crippen molar-refractivity contribution in [2.45, 2.75) is 45.0 Å². The van der Waals surface area contributed by atoms with Crippen LogP contribution in [0.2, 0.25) is 5.02 Å². The fourth-order valence-electron chi connectivity index (χ4n) is 3.11. The first-order valence-electron chi connectivity index (χ1n) is 8.37. The molecule has 2 unspecified atom stereocenters. The highest BCUT2D eigenvalue weighted by molar-refractivity contribution is 6.32. The van der Waals surface area contributed by atoms with E-state index >= 15 is 0 Å². The Labute approximate surface area is 147 Å². The number of aromatic nitrogens is 1. The lowest BCUT2D eigenvalue weighted by molar-refractivity contribution is -0.0586. The highest BCUT2D eigenvalue weighted by atomic mass is 35.5. The molecule has 24 heavy (non-hydrogen) atoms. The van der Waals surface area contributed by atoms with E-state index in [9.17, 15) is 4.79 Å². The van der Waals surface area contributed by atoms with Gasteiger partial charge in [-0.25, -0.2) is 4.98 Å². The van der Waals surface area contributed by atoms with E-state index in [-0.39, 0.29) is 24.2 Å². The SMILES string of the molecule is CC1CN(C(=O)c2cnc(OC3CCOCC3)c(Cl)c2)CC(C)O1. The molecule has 132 valence electrons. The average Bonchev–Trinajstić information content (AvgIpc) is 2.56. The first kappa shape index (κ1) is 17.5. The number of carbonyl (C=O) groups excluding carboxylic acids is 1. The van der Waals surface area contributed by atoms with E-state index in [0.717, 1.165) is 12.8 Å². The summed E-state index contributed by atoms with van der Waals surface area (Å²) in [6.07, 6.45) is 3.29. The molecule has 1 aromatic heterocycles. The zero-order valence-electron chi connectivity index (χ0n) is 14.0. The van der Waals surface area contributed by atoms with Crippen molar-refractivity contribution in [3.63, 3.8) is 0 Å². The van der Waals surface area contributed by atoms with Gasteiger partial charge >= 0.3 is 0 Å². The molecule has 3 heterocycles. The summed E-state index contributed by atoms with van der Waals surface area (Å²) in [5, 5.41) is 0.363. The zero-order chi connectivity index (χ0) is 17.1. The quantitative estimate of drug-likeness (QED) is 0.834. The summed E-state index contributed by atoms with van der Waals surface area (Å²) >= 11 is 6.27. The number of carbonyl (C=O) groups is 1. The Morgan fingerprint density at radius 2 is 1.96 bits per heavy atom. The van der Waals surface area contributed by atoms with Crippen molar-refractivity contribution in [2.75, 3.05) is 26.3 Å². The van der Waals surface area contributed by atoms with E-state index in [1.165, 1.54) is 6.20 Å². The third kappa shape index (κ3) is 4.18. The lowest BCUT2D eigenvalue weighted by atomic mass is 10.1. The third-order valence-corrected chi connectivity index (χ3v) is 4.48. The predicted octanol–water partition coefficient (Wildman–Crippen LogP) is 2.54. The predicted molar refractivity (Wildman–Crippen MR) is 89.6 cm³/mol. The van der Waals surface area contributed by atoms with Crippen LogP contribution in [0.4, 0.5) is 0 Å². The summed E-state index contributed by atoms with van der Waals surface area (Å²) in [7, 11) is 0. The molecule has 0 saturated carbocycles. The van der Waals surface area contributed by atoms with Gasteiger partial charge in [-0.2, -0.15) is 0 Å². The van der Waals surface area contributed by atoms with Gasteiger partial charge in [0.15, 0.2) is 0 Å². The number of morpholine rings is 1. The summed E-state index contributed by atoms with van der Waals surface area (Å²) in [5.74, 6) is 0.299. The Kier molecular flexibility index (Phi) is 5.58. The van der Waals surface area contributed by atoms with Crippen molar-refractivity contribution in [2.24, 2.45) is 0 Å². The van der Waals surface area contributed by atoms with Crippen molar-refractivity contribution in [3.8, 4) is 5.88 Å². The molecule has 0 radical (unpaired) electrons. The molecule has 6 nitrogen and oxygen atoms in total. The number of hydrogen-bond acceptors (Lipinski definition) is 5. The molecule has 1 aromatic rings. The van der Waals surface area contributed by atoms with Gasteiger partial charge < -0.3 is 19.1 Å². The first-order valence-corrected chi connectivity index (χ1v) is 8.75. The largest absolute Gasteiger partial charge is 0.473 e. The van der Waals surface area contributed by atoms with Crippen LogP contribution >= 0.6 is 11.6 Å². The normalized spacial score (nSPS) is 25.5. The van der Waals surface area contributed by atoms with E-state index in [1.807, 2.05) is 13.8 Å². The summed E-state index contributed by atoms with van der Waals surface area (Å²) in [4.78, 5) is 18.7. The highest BCUT2D eigenvalue weighted by Crippen LogP contribution is 2.26. The number of amides is 1. The highest BCUT2D eigenvalue weighted by Gasteiger charge is 2.27. The summed E-state index contributed by atoms with van der Waals surface area (Å²) < 4.78 is 16.8. The Balaban J connectivity index is 1.68. The summed E-state index contributed by atoms with van der Waals surface area (Å²) in [6.45, 7) is 6.44. The Hall–Kier alpha value is -1.37. The summed E-state index contributed by atoms with van der Waals surface area (Å²) in [6, 6.07) is 1.64. The van der Waals surface area contributed by atoms with Crippen molar-refractivity contribution < 1.29 is 19.0 Å². The van der Waals surface area contributed by atoms with Crippen molar-refractivity contribution in [1.29, 1.82) is 0 Å². The minimum atomic E-state index is -0.0796. The number of hydrogen-bond donors (Lipinski definition) is 0. The second-order valence-corrected chi connectivity index (χ2v) is 6.82. The van der Waals surface area contributed by atoms with Crippen LogP contribution in [0.1, 0.15) is 37.0 Å². The fraction of sp³-hybridized carbons (Fsp3) is 0.647. The van der Waals surface area contributed by atoms with Crippen LogP contribution in [0.15, 0.2) is 12.3 Å². The van der Waals surface area contributed by atoms with Crippen molar-refractivity contribution in [1.82, 2.24) is 9.88 Å². The number of ether oxygens (including phenoxy) is 3. The molecule has 2 aliphatic rings. The van der Waals surface area contributed by atoms with E-state index in [2.05, 4.69) is 4.98 Å². The van der Waals surface area contributed by atoms with Crippen LogP contribution in [0, 0.1) is 0 Å². The van der Waals surface area contributed by atoms with Crippen LogP contribution in [-0.4, -0.2) is 60.4 Å². The van der Waals surface area contributed by atoms with E-state index in [4.69, 9.17) is 25.8 Å². The van der Waals surface area contributed by atoms with Crippen molar-refractivity contribution >= 4 is 17.5 Å². The molecule has 0 spiro atoms. The topological polar surface area (TPSA) is 60.9 Å². The number of halogens is 1. The Bertz CT molecular complexity index is 582. The van der Waals surface area contributed by atoms with Gasteiger partial charge in [-0.15, -0.1) is 0 Å². The van der Waals surface area contributed by atoms with Crippen LogP contribution < -0.4 is 4.74 Å². The molecule has 2 aliphatic heterocycles. The van der Waals surface area contributed by atoms with Gasteiger partial charge in [-0.3, -0.25) is 4.79 Å². The first-order chi connectivity index (χ1) is 11.5. The summed E-state index contributed by atoms with van der Waals surface area (Å²) in [5.41, 5.74) is 0.473. The van der Waals surface area contributed by atoms with Gasteiger partial charge in [0.2, 0.25) is 5.88 Å². The average molecular weight is 355 g/mol. The maximum absolute atomic E-state index is 12.7. The molecule has 0 N–H and O–H groups in total. The lowest BCUT2D eigenvalue weighted by Gasteiger charge is -2.35. The van der Waals surface area contributed by atoms with Crippen LogP contribution in [0.25, 0.3) is 0 Å². The molecular formula is C17H23ClN2O4. The standard InChI is InChI=1S/C17H23ClN2O4/c1-11-9-20(10-12(2)23-11)17(21)13-7-15(18)16(19-8-13)24-14-3-5-22-6-4-14/h7-8,11-12,14H,3-6,9-10H2,1-2H3. The smallest absolute Gasteiger partial charge is 0.255 e. The van der Waals surface area contributed by atoms with Gasteiger partial charge in [-0.1, -0.05) is 11.6 Å². The molecule has 3 rings (SSSR count). The minimum absolute atomic E-state index is 0.0252. The lowest BCUT2D eigenvalue weighted by Crippen LogP contribution is -2.48. The van der Waals surface area contributed by atoms with Crippen LogP contribution in [-0.2, 0) is 9.47 Å². The number of rotatable bonds is 3. The molecule has 0 aliphatic carbocycles. The minimum Gasteiger partial charge on any atom is -0.473 e. The number of pyridine rings is 1. The molecular weight excluding hydrogens is 332 g/mol. The molecule has 2 atom stereocenters. The zero-order valence-corrected chi connectivity index (χ0v) is 14.8. The van der Waals surface area contributed by atoms with Crippen LogP contribution in [0.3, 0.4) is 0 Å². The molecule has 7 heteroatoms. The van der Waals surface area contributed by atoms with Gasteiger partial charge in [0, 0.05) is 32.1 Å². The van der Waals surface area contributed by atoms with E-state index < -0.39 is 0 Å². The maximum atomic E-state index is 12.7. The Morgan fingerprint density at radius 3 is 2.58 bits per heavy atom.